The number of nitrogens with one attached hydrogen (secondary N) is 1. The van der Waals surface area contributed by atoms with E-state index >= 15 is 0 Å². The van der Waals surface area contributed by atoms with Gasteiger partial charge in [0.15, 0.2) is 0 Å². The van der Waals surface area contributed by atoms with Crippen LogP contribution in [0.1, 0.15) is 44.7 Å². The summed E-state index contributed by atoms with van der Waals surface area (Å²) < 4.78 is 5.36. The molecular weight excluding hydrogens is 376 g/mol. The van der Waals surface area contributed by atoms with Crippen LogP contribution in [0.25, 0.3) is 0 Å². The van der Waals surface area contributed by atoms with Crippen molar-refractivity contribution in [3.05, 3.63) is 71.8 Å². The molecule has 0 aliphatic heterocycles. The van der Waals surface area contributed by atoms with E-state index in [-0.39, 0.29) is 5.91 Å². The van der Waals surface area contributed by atoms with Gasteiger partial charge in [0.1, 0.15) is 11.6 Å². The average molecular weight is 411 g/mol. The topological polar surface area (TPSA) is 58.6 Å². The van der Waals surface area contributed by atoms with Crippen LogP contribution in [0.15, 0.2) is 60.7 Å². The molecule has 1 atom stereocenters. The molecule has 0 aliphatic rings. The molecule has 2 amide bonds. The summed E-state index contributed by atoms with van der Waals surface area (Å²) in [4.78, 5) is 27.1. The Labute approximate surface area is 180 Å². The SMILES string of the molecule is CN(CCCCc1ccccc1)C(=O)[C@H](Cc1ccccc1)NC(=O)OC(C)(C)C. The van der Waals surface area contributed by atoms with Crippen molar-refractivity contribution in [3.8, 4) is 0 Å². The van der Waals surface area contributed by atoms with Crippen molar-refractivity contribution in [1.82, 2.24) is 10.2 Å². The van der Waals surface area contributed by atoms with E-state index in [4.69, 9.17) is 4.74 Å². The van der Waals surface area contributed by atoms with Gasteiger partial charge in [0.25, 0.3) is 0 Å². The van der Waals surface area contributed by atoms with E-state index in [1.165, 1.54) is 5.56 Å². The third-order valence-corrected chi connectivity index (χ3v) is 4.70. The number of amides is 2. The van der Waals surface area contributed by atoms with Gasteiger partial charge < -0.3 is 15.0 Å². The predicted molar refractivity (Wildman–Crippen MR) is 120 cm³/mol. The van der Waals surface area contributed by atoms with Crippen LogP contribution in [-0.2, 0) is 22.4 Å². The number of likely N-dealkylation sites (N-methyl/N-ethyl adjacent to an activating group) is 1. The van der Waals surface area contributed by atoms with Gasteiger partial charge in [-0.2, -0.15) is 0 Å². The molecule has 5 heteroatoms. The lowest BCUT2D eigenvalue weighted by atomic mass is 10.0. The summed E-state index contributed by atoms with van der Waals surface area (Å²) in [5.74, 6) is -0.107. The van der Waals surface area contributed by atoms with E-state index in [0.717, 1.165) is 24.8 Å². The van der Waals surface area contributed by atoms with Crippen LogP contribution in [0.3, 0.4) is 0 Å². The zero-order valence-corrected chi connectivity index (χ0v) is 18.6. The number of alkyl carbamates (subject to hydrolysis) is 1. The molecule has 0 fully saturated rings. The summed E-state index contributed by atoms with van der Waals surface area (Å²) >= 11 is 0. The van der Waals surface area contributed by atoms with E-state index in [1.807, 2.05) is 48.5 Å². The Bertz CT molecular complexity index is 785. The number of hydrogen-bond acceptors (Lipinski definition) is 3. The van der Waals surface area contributed by atoms with Gasteiger partial charge in [-0.25, -0.2) is 4.79 Å². The molecule has 0 spiro atoms. The Morgan fingerprint density at radius 3 is 2.07 bits per heavy atom. The average Bonchev–Trinajstić information content (AvgIpc) is 2.70. The summed E-state index contributed by atoms with van der Waals surface area (Å²) in [6.45, 7) is 6.06. The van der Waals surface area contributed by atoms with Gasteiger partial charge in [0, 0.05) is 20.0 Å². The zero-order valence-electron chi connectivity index (χ0n) is 18.6. The lowest BCUT2D eigenvalue weighted by molar-refractivity contribution is -0.132. The molecule has 30 heavy (non-hydrogen) atoms. The minimum Gasteiger partial charge on any atom is -0.444 e. The second-order valence-electron chi connectivity index (χ2n) is 8.59. The smallest absolute Gasteiger partial charge is 0.408 e. The van der Waals surface area contributed by atoms with Gasteiger partial charge in [-0.1, -0.05) is 60.7 Å². The fourth-order valence-electron chi connectivity index (χ4n) is 3.20. The van der Waals surface area contributed by atoms with E-state index in [0.29, 0.717) is 13.0 Å². The molecular formula is C25H34N2O3. The highest BCUT2D eigenvalue weighted by atomic mass is 16.6. The molecule has 5 nitrogen and oxygen atoms in total. The molecule has 0 unspecified atom stereocenters. The molecule has 0 bridgehead atoms. The quantitative estimate of drug-likeness (QED) is 0.615. The molecule has 0 heterocycles. The van der Waals surface area contributed by atoms with E-state index in [2.05, 4.69) is 17.4 Å². The van der Waals surface area contributed by atoms with E-state index < -0.39 is 17.7 Å². The van der Waals surface area contributed by atoms with Crippen LogP contribution >= 0.6 is 0 Å². The first kappa shape index (κ1) is 23.5. The first-order chi connectivity index (χ1) is 14.2. The summed E-state index contributed by atoms with van der Waals surface area (Å²) in [5.41, 5.74) is 1.68. The standard InChI is InChI=1S/C25H34N2O3/c1-25(2,3)30-24(29)26-22(19-21-16-9-6-10-17-21)23(28)27(4)18-12-11-15-20-13-7-5-8-14-20/h5-10,13-14,16-17,22H,11-12,15,18-19H2,1-4H3,(H,26,29)/t22-/m0/s1. The Morgan fingerprint density at radius 2 is 1.50 bits per heavy atom. The van der Waals surface area contributed by atoms with Crippen LogP contribution in [0, 0.1) is 0 Å². The maximum atomic E-state index is 13.1. The van der Waals surface area contributed by atoms with Gasteiger partial charge in [0.2, 0.25) is 5.91 Å². The second kappa shape index (κ2) is 11.4. The van der Waals surface area contributed by atoms with Crippen molar-refractivity contribution in [1.29, 1.82) is 0 Å². The maximum absolute atomic E-state index is 13.1. The number of carbonyl (C=O) groups is 2. The van der Waals surface area contributed by atoms with Crippen molar-refractivity contribution < 1.29 is 14.3 Å². The highest BCUT2D eigenvalue weighted by Gasteiger charge is 2.26. The molecule has 2 aromatic carbocycles. The normalized spacial score (nSPS) is 12.1. The van der Waals surface area contributed by atoms with Crippen molar-refractivity contribution in [2.75, 3.05) is 13.6 Å². The number of rotatable bonds is 9. The molecule has 2 aromatic rings. The second-order valence-corrected chi connectivity index (χ2v) is 8.59. The molecule has 0 saturated carbocycles. The lowest BCUT2D eigenvalue weighted by Crippen LogP contribution is -2.50. The number of unbranched alkanes of at least 4 members (excludes halogenated alkanes) is 1. The summed E-state index contributed by atoms with van der Waals surface area (Å²) in [5, 5.41) is 2.77. The van der Waals surface area contributed by atoms with Crippen LogP contribution in [0.2, 0.25) is 0 Å². The first-order valence-electron chi connectivity index (χ1n) is 10.6. The molecule has 162 valence electrons. The van der Waals surface area contributed by atoms with Crippen LogP contribution in [0.4, 0.5) is 4.79 Å². The Morgan fingerprint density at radius 1 is 0.933 bits per heavy atom. The number of carbonyl (C=O) groups excluding carboxylic acids is 2. The fourth-order valence-corrected chi connectivity index (χ4v) is 3.20. The predicted octanol–water partition coefficient (Wildman–Crippen LogP) is 4.60. The van der Waals surface area contributed by atoms with Gasteiger partial charge in [-0.3, -0.25) is 4.79 Å². The third kappa shape index (κ3) is 8.68. The van der Waals surface area contributed by atoms with Crippen LogP contribution in [0.5, 0.6) is 0 Å². The molecule has 2 rings (SSSR count). The number of aryl methyl sites for hydroxylation is 1. The minimum absolute atomic E-state index is 0.107. The van der Waals surface area contributed by atoms with Crippen molar-refractivity contribution >= 4 is 12.0 Å². The lowest BCUT2D eigenvalue weighted by Gasteiger charge is -2.26. The molecule has 0 aromatic heterocycles. The van der Waals surface area contributed by atoms with Crippen molar-refractivity contribution in [2.24, 2.45) is 0 Å². The van der Waals surface area contributed by atoms with Gasteiger partial charge in [-0.05, 0) is 51.2 Å². The Hall–Kier alpha value is -2.82. The van der Waals surface area contributed by atoms with Gasteiger partial charge in [-0.15, -0.1) is 0 Å². The maximum Gasteiger partial charge on any atom is 0.408 e. The van der Waals surface area contributed by atoms with Crippen molar-refractivity contribution in [3.63, 3.8) is 0 Å². The van der Waals surface area contributed by atoms with Crippen LogP contribution < -0.4 is 5.32 Å². The summed E-state index contributed by atoms with van der Waals surface area (Å²) in [6.07, 6.45) is 2.75. The monoisotopic (exact) mass is 410 g/mol. The number of benzene rings is 2. The summed E-state index contributed by atoms with van der Waals surface area (Å²) in [6, 6.07) is 19.4. The fraction of sp³-hybridized carbons (Fsp3) is 0.440. The van der Waals surface area contributed by atoms with E-state index in [9.17, 15) is 9.59 Å². The number of hydrogen-bond donors (Lipinski definition) is 1. The molecule has 1 N–H and O–H groups in total. The van der Waals surface area contributed by atoms with Crippen LogP contribution in [-0.4, -0.2) is 42.1 Å². The van der Waals surface area contributed by atoms with Gasteiger partial charge in [0.05, 0.1) is 0 Å². The molecule has 0 radical (unpaired) electrons. The number of ether oxygens (including phenoxy) is 1. The minimum atomic E-state index is -0.665. The first-order valence-corrected chi connectivity index (χ1v) is 10.6. The Balaban J connectivity index is 1.93. The van der Waals surface area contributed by atoms with E-state index in [1.54, 1.807) is 32.7 Å². The zero-order chi connectivity index (χ0) is 22.0. The van der Waals surface area contributed by atoms with Gasteiger partial charge >= 0.3 is 6.09 Å². The summed E-state index contributed by atoms with van der Waals surface area (Å²) in [7, 11) is 1.79. The highest BCUT2D eigenvalue weighted by Crippen LogP contribution is 2.11. The highest BCUT2D eigenvalue weighted by molar-refractivity contribution is 5.85. The number of nitrogens with zero attached hydrogens (tertiary/aromatic N) is 1. The molecule has 0 saturated heterocycles. The molecule has 0 aliphatic carbocycles. The van der Waals surface area contributed by atoms with Crippen molar-refractivity contribution in [2.45, 2.75) is 58.1 Å². The Kier molecular flexibility index (Phi) is 8.90. The third-order valence-electron chi connectivity index (χ3n) is 4.70. The largest absolute Gasteiger partial charge is 0.444 e.